The molecule has 0 radical (unpaired) electrons. The number of alkyl halides is 3. The number of benzene rings is 1. The minimum Gasteiger partial charge on any atom is -0.404 e. The number of nitrogens with one attached hydrogen (secondary N) is 1. The second kappa shape index (κ2) is 4.52. The Labute approximate surface area is 100 Å². The molecule has 0 aliphatic heterocycles. The van der Waals surface area contributed by atoms with Gasteiger partial charge in [-0.15, -0.1) is 0 Å². The molecule has 0 bridgehead atoms. The topological polar surface area (TPSA) is 67.1 Å². The predicted octanol–water partition coefficient (Wildman–Crippen LogP) is 2.67. The lowest BCUT2D eigenvalue weighted by molar-refractivity contribution is -0.0857. The lowest BCUT2D eigenvalue weighted by Gasteiger charge is -2.05. The van der Waals surface area contributed by atoms with Crippen molar-refractivity contribution in [3.8, 4) is 0 Å². The summed E-state index contributed by atoms with van der Waals surface area (Å²) < 4.78 is 37.1. The molecule has 4 nitrogen and oxygen atoms in total. The fraction of sp³-hybridized carbons (Fsp3) is 0.0909. The Morgan fingerprint density at radius 1 is 1.39 bits per heavy atom. The van der Waals surface area contributed by atoms with Gasteiger partial charge in [-0.1, -0.05) is 0 Å². The van der Waals surface area contributed by atoms with Gasteiger partial charge in [0.25, 0.3) is 0 Å². The van der Waals surface area contributed by atoms with E-state index in [2.05, 4.69) is 15.2 Å². The summed E-state index contributed by atoms with van der Waals surface area (Å²) in [7, 11) is 0. The summed E-state index contributed by atoms with van der Waals surface area (Å²) in [6, 6.07) is 4.91. The first-order valence-corrected chi connectivity index (χ1v) is 4.97. The molecule has 1 aromatic heterocycles. The second-order valence-electron chi connectivity index (χ2n) is 3.52. The number of rotatable bonds is 2. The van der Waals surface area contributed by atoms with E-state index < -0.39 is 11.7 Å². The highest BCUT2D eigenvalue weighted by atomic mass is 19.4. The number of hydrogen-bond acceptors (Lipinski definition) is 3. The number of aromatic nitrogens is 2. The number of nitrogens with two attached hydrogens (primary N) is 1. The molecule has 1 aromatic carbocycles. The predicted molar refractivity (Wildman–Crippen MR) is 62.6 cm³/mol. The summed E-state index contributed by atoms with van der Waals surface area (Å²) in [5.41, 5.74) is 5.00. The summed E-state index contributed by atoms with van der Waals surface area (Å²) in [6.45, 7) is 0. The number of nitrogens with zero attached hydrogens (tertiary/aromatic N) is 2. The molecule has 0 saturated carbocycles. The van der Waals surface area contributed by atoms with Gasteiger partial charge in [0.05, 0.1) is 23.0 Å². The average Bonchev–Trinajstić information content (AvgIpc) is 2.75. The molecule has 1 heterocycles. The van der Waals surface area contributed by atoms with Crippen LogP contribution in [-0.2, 0) is 0 Å². The Balaban J connectivity index is 2.27. The van der Waals surface area contributed by atoms with E-state index in [1.807, 2.05) is 0 Å². The minimum absolute atomic E-state index is 0.385. The van der Waals surface area contributed by atoms with Crippen LogP contribution in [0.2, 0.25) is 0 Å². The molecule has 3 N–H and O–H groups in total. The maximum Gasteiger partial charge on any atom is 0.419 e. The monoisotopic (exact) mass is 254 g/mol. The largest absolute Gasteiger partial charge is 0.419 e. The lowest BCUT2D eigenvalue weighted by atomic mass is 10.2. The number of aliphatic imine (C=N–C) groups is 1. The zero-order valence-electron chi connectivity index (χ0n) is 9.07. The van der Waals surface area contributed by atoms with Crippen molar-refractivity contribution in [3.05, 3.63) is 36.2 Å². The molecule has 0 fully saturated rings. The molecular formula is C11H9F3N4. The second-order valence-corrected chi connectivity index (χ2v) is 3.52. The van der Waals surface area contributed by atoms with Crippen LogP contribution in [0.4, 0.5) is 18.9 Å². The van der Waals surface area contributed by atoms with E-state index in [-0.39, 0.29) is 0 Å². The van der Waals surface area contributed by atoms with Crippen LogP contribution in [0.1, 0.15) is 0 Å². The molecular weight excluding hydrogens is 245 g/mol. The fourth-order valence-electron chi connectivity index (χ4n) is 1.36. The average molecular weight is 254 g/mol. The number of halogens is 3. The Bertz CT molecular complexity index is 610. The molecule has 0 atom stereocenters. The molecule has 0 saturated heterocycles. The van der Waals surface area contributed by atoms with Gasteiger partial charge in [-0.25, -0.2) is 0 Å². The van der Waals surface area contributed by atoms with Crippen molar-refractivity contribution in [1.82, 2.24) is 10.2 Å². The van der Waals surface area contributed by atoms with Crippen LogP contribution in [0.25, 0.3) is 10.9 Å². The molecule has 2 rings (SSSR count). The number of hydrogen-bond donors (Lipinski definition) is 2. The number of aromatic amines is 1. The summed E-state index contributed by atoms with van der Waals surface area (Å²) in [5.74, 6) is 0. The van der Waals surface area contributed by atoms with E-state index in [0.717, 1.165) is 5.39 Å². The van der Waals surface area contributed by atoms with E-state index >= 15 is 0 Å². The quantitative estimate of drug-likeness (QED) is 0.809. The van der Waals surface area contributed by atoms with Gasteiger partial charge >= 0.3 is 6.18 Å². The van der Waals surface area contributed by atoms with Gasteiger partial charge in [0, 0.05) is 17.8 Å². The molecule has 94 valence electrons. The van der Waals surface area contributed by atoms with Crippen molar-refractivity contribution in [2.45, 2.75) is 6.18 Å². The maximum atomic E-state index is 12.4. The van der Waals surface area contributed by atoms with Crippen LogP contribution in [-0.4, -0.2) is 22.6 Å². The smallest absolute Gasteiger partial charge is 0.404 e. The van der Waals surface area contributed by atoms with E-state index in [9.17, 15) is 13.2 Å². The van der Waals surface area contributed by atoms with Crippen molar-refractivity contribution >= 4 is 22.8 Å². The lowest BCUT2D eigenvalue weighted by Crippen LogP contribution is -2.14. The van der Waals surface area contributed by atoms with Gasteiger partial charge in [0.2, 0.25) is 0 Å². The molecule has 18 heavy (non-hydrogen) atoms. The molecule has 0 aliphatic rings. The maximum absolute atomic E-state index is 12.4. The first kappa shape index (κ1) is 12.2. The molecule has 2 aromatic rings. The highest BCUT2D eigenvalue weighted by Gasteiger charge is 2.32. The Kier molecular flexibility index (Phi) is 3.05. The standard InChI is InChI=1S/C11H9F3N4/c12-11(13,14)8(4-15)6-16-9-2-1-7-5-17-18-10(7)3-9/h1-6H,15H2,(H,17,18)/b8-4+,16-6?. The third kappa shape index (κ3) is 2.50. The zero-order valence-corrected chi connectivity index (χ0v) is 9.07. The van der Waals surface area contributed by atoms with Gasteiger partial charge in [-0.05, 0) is 18.2 Å². The normalized spacial score (nSPS) is 13.6. The minimum atomic E-state index is -4.50. The van der Waals surface area contributed by atoms with Gasteiger partial charge in [-0.3, -0.25) is 10.1 Å². The molecule has 0 unspecified atom stereocenters. The summed E-state index contributed by atoms with van der Waals surface area (Å²) in [4.78, 5) is 3.73. The number of H-pyrrole nitrogens is 1. The SMILES string of the molecule is N/C=C(\C=Nc1ccc2cn[nH]c2c1)C(F)(F)F. The van der Waals surface area contributed by atoms with Crippen molar-refractivity contribution in [2.24, 2.45) is 10.7 Å². The van der Waals surface area contributed by atoms with Crippen molar-refractivity contribution in [1.29, 1.82) is 0 Å². The van der Waals surface area contributed by atoms with Crippen LogP contribution in [0.3, 0.4) is 0 Å². The van der Waals surface area contributed by atoms with Gasteiger partial charge in [-0.2, -0.15) is 18.3 Å². The summed E-state index contributed by atoms with van der Waals surface area (Å²) >= 11 is 0. The van der Waals surface area contributed by atoms with Gasteiger partial charge in [0.1, 0.15) is 0 Å². The molecule has 0 amide bonds. The van der Waals surface area contributed by atoms with Crippen LogP contribution in [0, 0.1) is 0 Å². The first-order chi connectivity index (χ1) is 8.50. The van der Waals surface area contributed by atoms with Gasteiger partial charge < -0.3 is 5.73 Å². The Hall–Kier alpha value is -2.31. The zero-order chi connectivity index (χ0) is 13.2. The highest BCUT2D eigenvalue weighted by Crippen LogP contribution is 2.25. The molecule has 7 heteroatoms. The first-order valence-electron chi connectivity index (χ1n) is 4.97. The summed E-state index contributed by atoms with van der Waals surface area (Å²) in [5, 5.41) is 7.37. The van der Waals surface area contributed by atoms with Crippen LogP contribution in [0.15, 0.2) is 41.2 Å². The Morgan fingerprint density at radius 3 is 2.83 bits per heavy atom. The van der Waals surface area contributed by atoms with Crippen molar-refractivity contribution in [3.63, 3.8) is 0 Å². The molecule has 0 aliphatic carbocycles. The van der Waals surface area contributed by atoms with Crippen LogP contribution >= 0.6 is 0 Å². The summed E-state index contributed by atoms with van der Waals surface area (Å²) in [6.07, 6.45) is -1.71. The van der Waals surface area contributed by atoms with Crippen LogP contribution < -0.4 is 5.73 Å². The highest BCUT2D eigenvalue weighted by molar-refractivity contribution is 5.85. The number of allylic oxidation sites excluding steroid dienone is 1. The van der Waals surface area contributed by atoms with E-state index in [4.69, 9.17) is 5.73 Å². The third-order valence-electron chi connectivity index (χ3n) is 2.29. The van der Waals surface area contributed by atoms with E-state index in [0.29, 0.717) is 23.6 Å². The molecule has 0 spiro atoms. The fourth-order valence-corrected chi connectivity index (χ4v) is 1.36. The van der Waals surface area contributed by atoms with E-state index in [1.54, 1.807) is 24.4 Å². The van der Waals surface area contributed by atoms with Crippen LogP contribution in [0.5, 0.6) is 0 Å². The third-order valence-corrected chi connectivity index (χ3v) is 2.29. The van der Waals surface area contributed by atoms with Gasteiger partial charge in [0.15, 0.2) is 0 Å². The van der Waals surface area contributed by atoms with Crippen molar-refractivity contribution in [2.75, 3.05) is 0 Å². The number of fused-ring (bicyclic) bond motifs is 1. The van der Waals surface area contributed by atoms with Crippen molar-refractivity contribution < 1.29 is 13.2 Å². The Morgan fingerprint density at radius 2 is 2.17 bits per heavy atom. The van der Waals surface area contributed by atoms with E-state index in [1.165, 1.54) is 0 Å².